The average molecular weight is 536 g/mol. The van der Waals surface area contributed by atoms with E-state index in [1.54, 1.807) is 0 Å². The van der Waals surface area contributed by atoms with Gasteiger partial charge < -0.3 is 9.47 Å². The number of hydrogen-bond donors (Lipinski definition) is 0. The van der Waals surface area contributed by atoms with Crippen molar-refractivity contribution in [1.29, 1.82) is 0 Å². The summed E-state index contributed by atoms with van der Waals surface area (Å²) in [7, 11) is 0. The van der Waals surface area contributed by atoms with E-state index in [-0.39, 0.29) is 0 Å². The molecule has 0 N–H and O–H groups in total. The van der Waals surface area contributed by atoms with Gasteiger partial charge in [-0.25, -0.2) is 0 Å². The Balaban J connectivity index is 1.88. The maximum Gasteiger partial charge on any atom is 0.135 e. The van der Waals surface area contributed by atoms with E-state index in [9.17, 15) is 0 Å². The molecule has 0 amide bonds. The van der Waals surface area contributed by atoms with Gasteiger partial charge in [-0.1, -0.05) is 12.1 Å². The van der Waals surface area contributed by atoms with Gasteiger partial charge in [0.25, 0.3) is 0 Å². The van der Waals surface area contributed by atoms with Crippen LogP contribution in [0.15, 0.2) is 24.3 Å². The summed E-state index contributed by atoms with van der Waals surface area (Å²) in [6.07, 6.45) is 0.868. The third kappa shape index (κ3) is 4.75. The van der Waals surface area contributed by atoms with Crippen LogP contribution in [0.4, 0.5) is 0 Å². The molecule has 2 aromatic rings. The van der Waals surface area contributed by atoms with Crippen LogP contribution in [-0.2, 0) is 0 Å². The minimum Gasteiger partial charge on any atom is -0.492 e. The molecule has 0 radical (unpaired) electrons. The van der Waals surface area contributed by atoms with E-state index in [0.29, 0.717) is 13.2 Å². The SMILES string of the molecule is Cc1ccc(I)c(OCCCOc2c(I)ccc(C)c2C)c1C. The Labute approximate surface area is 166 Å². The predicted molar refractivity (Wildman–Crippen MR) is 113 cm³/mol. The number of ether oxygens (including phenoxy) is 2. The predicted octanol–water partition coefficient (Wildman–Crippen LogP) is 5.98. The normalized spacial score (nSPS) is 10.7. The Morgan fingerprint density at radius 3 is 1.48 bits per heavy atom. The number of benzene rings is 2. The van der Waals surface area contributed by atoms with Crippen LogP contribution in [0.2, 0.25) is 0 Å². The van der Waals surface area contributed by atoms with Crippen molar-refractivity contribution in [1.82, 2.24) is 0 Å². The number of hydrogen-bond acceptors (Lipinski definition) is 2. The van der Waals surface area contributed by atoms with E-state index in [1.807, 2.05) is 0 Å². The summed E-state index contributed by atoms with van der Waals surface area (Å²) in [5.74, 6) is 2.01. The molecule has 0 aliphatic carbocycles. The smallest absolute Gasteiger partial charge is 0.135 e. The topological polar surface area (TPSA) is 18.5 Å². The molecule has 0 fully saturated rings. The molecule has 0 saturated heterocycles. The van der Waals surface area contributed by atoms with E-state index >= 15 is 0 Å². The zero-order valence-electron chi connectivity index (χ0n) is 14.0. The van der Waals surface area contributed by atoms with Gasteiger partial charge in [-0.15, -0.1) is 0 Å². The number of rotatable bonds is 6. The minimum absolute atomic E-state index is 0.668. The maximum absolute atomic E-state index is 5.98. The molecule has 0 aliphatic rings. The second-order valence-electron chi connectivity index (χ2n) is 5.69. The first-order chi connectivity index (χ1) is 10.9. The molecule has 0 aromatic heterocycles. The Morgan fingerprint density at radius 2 is 1.09 bits per heavy atom. The van der Waals surface area contributed by atoms with Crippen LogP contribution in [0.3, 0.4) is 0 Å². The van der Waals surface area contributed by atoms with Gasteiger partial charge in [-0.2, -0.15) is 0 Å². The van der Waals surface area contributed by atoms with Crippen molar-refractivity contribution in [3.63, 3.8) is 0 Å². The van der Waals surface area contributed by atoms with E-state index in [0.717, 1.165) is 25.1 Å². The monoisotopic (exact) mass is 536 g/mol. The van der Waals surface area contributed by atoms with Crippen LogP contribution in [0, 0.1) is 34.8 Å². The molecule has 0 bridgehead atoms. The molecule has 0 heterocycles. The first-order valence-corrected chi connectivity index (χ1v) is 9.84. The molecule has 0 saturated carbocycles. The van der Waals surface area contributed by atoms with Crippen molar-refractivity contribution in [2.45, 2.75) is 34.1 Å². The van der Waals surface area contributed by atoms with Gasteiger partial charge in [0.2, 0.25) is 0 Å². The van der Waals surface area contributed by atoms with Crippen molar-refractivity contribution >= 4 is 45.2 Å². The van der Waals surface area contributed by atoms with Crippen molar-refractivity contribution in [2.24, 2.45) is 0 Å². The van der Waals surface area contributed by atoms with E-state index in [1.165, 1.54) is 22.3 Å². The third-order valence-electron chi connectivity index (χ3n) is 4.04. The van der Waals surface area contributed by atoms with E-state index in [4.69, 9.17) is 9.47 Å². The van der Waals surface area contributed by atoms with Gasteiger partial charge in [0, 0.05) is 6.42 Å². The Bertz CT molecular complexity index is 637. The first-order valence-electron chi connectivity index (χ1n) is 7.68. The quantitative estimate of drug-likeness (QED) is 0.335. The van der Waals surface area contributed by atoms with Gasteiger partial charge in [-0.05, 0) is 107 Å². The lowest BCUT2D eigenvalue weighted by molar-refractivity contribution is 0.244. The highest BCUT2D eigenvalue weighted by molar-refractivity contribution is 14.1. The molecule has 0 aliphatic heterocycles. The van der Waals surface area contributed by atoms with Gasteiger partial charge >= 0.3 is 0 Å². The zero-order chi connectivity index (χ0) is 17.0. The fourth-order valence-corrected chi connectivity index (χ4v) is 3.76. The standard InChI is InChI=1S/C19H22I2O2/c1-12-6-8-16(20)18(14(12)3)22-10-5-11-23-19-15(4)13(2)7-9-17(19)21/h6-9H,5,10-11H2,1-4H3. The van der Waals surface area contributed by atoms with Gasteiger partial charge in [-0.3, -0.25) is 0 Å². The lowest BCUT2D eigenvalue weighted by Gasteiger charge is -2.15. The fourth-order valence-electron chi connectivity index (χ4n) is 2.28. The van der Waals surface area contributed by atoms with Crippen LogP contribution in [0.1, 0.15) is 28.7 Å². The van der Waals surface area contributed by atoms with E-state index in [2.05, 4.69) is 97.1 Å². The zero-order valence-corrected chi connectivity index (χ0v) is 18.3. The molecule has 0 atom stereocenters. The second kappa shape index (κ2) is 8.55. The van der Waals surface area contributed by atoms with Gasteiger partial charge in [0.05, 0.1) is 20.4 Å². The van der Waals surface area contributed by atoms with Crippen LogP contribution in [0.5, 0.6) is 11.5 Å². The maximum atomic E-state index is 5.98. The summed E-state index contributed by atoms with van der Waals surface area (Å²) in [5.41, 5.74) is 4.98. The third-order valence-corrected chi connectivity index (χ3v) is 5.74. The molecule has 2 rings (SSSR count). The minimum atomic E-state index is 0.668. The van der Waals surface area contributed by atoms with Crippen molar-refractivity contribution < 1.29 is 9.47 Å². The summed E-state index contributed by atoms with van der Waals surface area (Å²) in [5, 5.41) is 0. The van der Waals surface area contributed by atoms with Crippen molar-refractivity contribution in [3.8, 4) is 11.5 Å². The molecule has 0 spiro atoms. The molecular weight excluding hydrogens is 514 g/mol. The highest BCUT2D eigenvalue weighted by atomic mass is 127. The first kappa shape index (κ1) is 18.8. The molecule has 0 unspecified atom stereocenters. The number of halogens is 2. The van der Waals surface area contributed by atoms with Gasteiger partial charge in [0.15, 0.2) is 0 Å². The van der Waals surface area contributed by atoms with Gasteiger partial charge in [0.1, 0.15) is 11.5 Å². The Kier molecular flexibility index (Phi) is 7.00. The highest BCUT2D eigenvalue weighted by Crippen LogP contribution is 2.29. The molecule has 2 nitrogen and oxygen atoms in total. The highest BCUT2D eigenvalue weighted by Gasteiger charge is 2.09. The molecule has 2 aromatic carbocycles. The van der Waals surface area contributed by atoms with Crippen LogP contribution < -0.4 is 9.47 Å². The summed E-state index contributed by atoms with van der Waals surface area (Å²) in [6.45, 7) is 9.79. The summed E-state index contributed by atoms with van der Waals surface area (Å²) < 4.78 is 14.3. The lowest BCUT2D eigenvalue weighted by atomic mass is 10.1. The van der Waals surface area contributed by atoms with Crippen LogP contribution >= 0.6 is 45.2 Å². The van der Waals surface area contributed by atoms with Crippen molar-refractivity contribution in [2.75, 3.05) is 13.2 Å². The fraction of sp³-hybridized carbons (Fsp3) is 0.368. The molecule has 4 heteroatoms. The average Bonchev–Trinajstić information content (AvgIpc) is 2.53. The number of aryl methyl sites for hydroxylation is 2. The summed E-state index contributed by atoms with van der Waals surface area (Å²) >= 11 is 4.66. The Hall–Kier alpha value is -0.500. The second-order valence-corrected chi connectivity index (χ2v) is 8.01. The largest absolute Gasteiger partial charge is 0.492 e. The molecule has 23 heavy (non-hydrogen) atoms. The van der Waals surface area contributed by atoms with E-state index < -0.39 is 0 Å². The van der Waals surface area contributed by atoms with Crippen molar-refractivity contribution in [3.05, 3.63) is 53.7 Å². The van der Waals surface area contributed by atoms with Crippen LogP contribution in [-0.4, -0.2) is 13.2 Å². The lowest BCUT2D eigenvalue weighted by Crippen LogP contribution is -2.08. The van der Waals surface area contributed by atoms with Crippen LogP contribution in [0.25, 0.3) is 0 Å². The Morgan fingerprint density at radius 1 is 0.696 bits per heavy atom. The summed E-state index contributed by atoms with van der Waals surface area (Å²) in [6, 6.07) is 8.48. The summed E-state index contributed by atoms with van der Waals surface area (Å²) in [4.78, 5) is 0. The molecule has 124 valence electrons. The molecular formula is C19H22I2O2.